The Morgan fingerprint density at radius 2 is 1.71 bits per heavy atom. The maximum Gasteiger partial charge on any atom is 0.433 e. The Hall–Kier alpha value is -4.41. The van der Waals surface area contributed by atoms with Crippen LogP contribution < -0.4 is 25.8 Å². The van der Waals surface area contributed by atoms with E-state index in [1.54, 1.807) is 48.5 Å². The Morgan fingerprint density at radius 3 is 2.34 bits per heavy atom. The lowest BCUT2D eigenvalue weighted by molar-refractivity contribution is -0.142. The van der Waals surface area contributed by atoms with Crippen LogP contribution >= 0.6 is 0 Å². The van der Waals surface area contributed by atoms with Crippen molar-refractivity contribution in [1.82, 2.24) is 4.98 Å². The number of anilines is 2. The molecule has 1 saturated heterocycles. The van der Waals surface area contributed by atoms with E-state index in [0.717, 1.165) is 18.9 Å². The number of aromatic nitrogens is 1. The first-order valence-electron chi connectivity index (χ1n) is 13.2. The van der Waals surface area contributed by atoms with Gasteiger partial charge in [-0.05, 0) is 61.9 Å². The minimum atomic E-state index is -4.64. The molecule has 1 fully saturated rings. The second-order valence-electron chi connectivity index (χ2n) is 10.3. The Labute approximate surface area is 233 Å². The van der Waals surface area contributed by atoms with Gasteiger partial charge in [0.25, 0.3) is 10.9 Å². The minimum Gasteiger partial charge on any atom is -0.467 e. The molecule has 5 rings (SSSR count). The quantitative estimate of drug-likeness (QED) is 0.229. The zero-order valence-corrected chi connectivity index (χ0v) is 22.6. The fourth-order valence-corrected chi connectivity index (χ4v) is 5.34. The van der Waals surface area contributed by atoms with Crippen LogP contribution in [-0.2, 0) is 22.1 Å². The van der Waals surface area contributed by atoms with Crippen LogP contribution in [0.5, 0.6) is 11.6 Å². The number of hydrogen-bond acceptors (Lipinski definition) is 8. The summed E-state index contributed by atoms with van der Waals surface area (Å²) >= 11 is 0. The number of esters is 1. The fraction of sp³-hybridized carbons (Fsp3) is 0.333. The summed E-state index contributed by atoms with van der Waals surface area (Å²) in [5, 5.41) is 3.70. The summed E-state index contributed by atoms with van der Waals surface area (Å²) in [7, 11) is 1.23. The van der Waals surface area contributed by atoms with Gasteiger partial charge in [0.05, 0.1) is 7.11 Å². The van der Waals surface area contributed by atoms with Gasteiger partial charge in [-0.1, -0.05) is 30.3 Å². The van der Waals surface area contributed by atoms with Crippen LogP contribution in [0.15, 0.2) is 64.2 Å². The van der Waals surface area contributed by atoms with Crippen LogP contribution in [0.2, 0.25) is 0 Å². The first kappa shape index (κ1) is 28.1. The van der Waals surface area contributed by atoms with Crippen molar-refractivity contribution in [2.45, 2.75) is 57.4 Å². The third-order valence-corrected chi connectivity index (χ3v) is 7.47. The molecule has 0 bridgehead atoms. The first-order chi connectivity index (χ1) is 19.5. The molecule has 0 radical (unpaired) electrons. The molecule has 2 heterocycles. The Balaban J connectivity index is 1.37. The number of nitrogens with one attached hydrogen (secondary N) is 1. The Kier molecular flexibility index (Phi) is 7.46. The van der Waals surface area contributed by atoms with Crippen molar-refractivity contribution in [2.75, 3.05) is 17.3 Å². The number of pyridine rings is 1. The van der Waals surface area contributed by atoms with E-state index in [1.807, 2.05) is 18.7 Å². The summed E-state index contributed by atoms with van der Waals surface area (Å²) < 4.78 is 50.9. The largest absolute Gasteiger partial charge is 0.467 e. The van der Waals surface area contributed by atoms with Gasteiger partial charge in [0.15, 0.2) is 0 Å². The van der Waals surface area contributed by atoms with E-state index < -0.39 is 34.7 Å². The molecule has 0 saturated carbocycles. The van der Waals surface area contributed by atoms with Gasteiger partial charge < -0.3 is 19.7 Å². The average Bonchev–Trinajstić information content (AvgIpc) is 3.28. The normalized spacial score (nSPS) is 18.0. The van der Waals surface area contributed by atoms with E-state index in [4.69, 9.17) is 9.47 Å². The molecule has 1 N–H and O–H groups in total. The van der Waals surface area contributed by atoms with Crippen LogP contribution in [0.3, 0.4) is 0 Å². The molecule has 1 aromatic heterocycles. The van der Waals surface area contributed by atoms with Gasteiger partial charge in [0.1, 0.15) is 28.9 Å². The molecule has 1 aliphatic rings. The molecule has 4 aromatic rings. The lowest BCUT2D eigenvalue weighted by Gasteiger charge is -2.32. The highest BCUT2D eigenvalue weighted by molar-refractivity contribution is 5.87. The molecular weight excluding hydrogens is 539 g/mol. The highest BCUT2D eigenvalue weighted by Crippen LogP contribution is 2.36. The highest BCUT2D eigenvalue weighted by Gasteiger charge is 2.37. The zero-order chi connectivity index (χ0) is 29.5. The van der Waals surface area contributed by atoms with Crippen molar-refractivity contribution in [3.05, 3.63) is 86.3 Å². The number of carbonyl (C=O) groups excluding carboxylic acids is 1. The third kappa shape index (κ3) is 5.48. The smallest absolute Gasteiger partial charge is 0.433 e. The zero-order valence-electron chi connectivity index (χ0n) is 22.6. The van der Waals surface area contributed by atoms with Gasteiger partial charge in [-0.25, -0.2) is 9.78 Å². The first-order valence-corrected chi connectivity index (χ1v) is 13.2. The summed E-state index contributed by atoms with van der Waals surface area (Å²) in [6, 6.07) is 13.1. The molecule has 214 valence electrons. The molecule has 3 aromatic carbocycles. The molecule has 41 heavy (non-hydrogen) atoms. The topological polar surface area (TPSA) is 97.8 Å². The number of alkyl halides is 3. The van der Waals surface area contributed by atoms with Crippen LogP contribution in [0, 0.1) is 0 Å². The third-order valence-electron chi connectivity index (χ3n) is 7.47. The summed E-state index contributed by atoms with van der Waals surface area (Å²) in [6.07, 6.45) is -2.75. The van der Waals surface area contributed by atoms with Crippen molar-refractivity contribution in [1.29, 1.82) is 0 Å². The number of benzene rings is 2. The van der Waals surface area contributed by atoms with Crippen LogP contribution in [-0.4, -0.2) is 36.2 Å². The van der Waals surface area contributed by atoms with Gasteiger partial charge >= 0.3 is 12.1 Å². The molecule has 8 nitrogen and oxygen atoms in total. The lowest BCUT2D eigenvalue weighted by atomic mass is 10.0. The number of rotatable bonds is 8. The van der Waals surface area contributed by atoms with Gasteiger partial charge in [-0.3, -0.25) is 9.59 Å². The second-order valence-corrected chi connectivity index (χ2v) is 10.3. The molecule has 3 atom stereocenters. The highest BCUT2D eigenvalue weighted by atomic mass is 19.4. The van der Waals surface area contributed by atoms with E-state index in [0.29, 0.717) is 22.0 Å². The average molecular weight is 568 g/mol. The van der Waals surface area contributed by atoms with E-state index in [-0.39, 0.29) is 35.8 Å². The van der Waals surface area contributed by atoms with E-state index in [9.17, 15) is 27.6 Å². The summed E-state index contributed by atoms with van der Waals surface area (Å²) in [4.78, 5) is 43.3. The SMILES string of the molecule is COC(=O)[C@H](Cc1ccc(Oc2nc(C(F)(F)F)cc3ccccc23)cc1)Nc1c(N2[C@H](C)CC[C@@H]2C)c(=O)c1=O. The standard InChI is InChI=1S/C30H28F3N3O5/c1-16-8-9-17(2)36(16)25-24(26(37)27(25)38)34-22(29(39)40-3)14-18-10-12-20(13-11-18)41-28-21-7-5-4-6-19(21)15-23(35-28)30(31,32)33/h4-7,10-13,15-17,22,34H,8-9,14H2,1-3H3/t16-,17+,22-/m0/s1. The van der Waals surface area contributed by atoms with Crippen molar-refractivity contribution in [3.8, 4) is 11.6 Å². The van der Waals surface area contributed by atoms with E-state index in [2.05, 4.69) is 10.3 Å². The lowest BCUT2D eigenvalue weighted by Crippen LogP contribution is -2.48. The number of nitrogens with zero attached hydrogens (tertiary/aromatic N) is 2. The number of ether oxygens (including phenoxy) is 2. The maximum absolute atomic E-state index is 13.4. The van der Waals surface area contributed by atoms with Crippen molar-refractivity contribution in [2.24, 2.45) is 0 Å². The van der Waals surface area contributed by atoms with Crippen molar-refractivity contribution < 1.29 is 27.4 Å². The number of hydrogen-bond donors (Lipinski definition) is 1. The van der Waals surface area contributed by atoms with Gasteiger partial charge in [-0.15, -0.1) is 0 Å². The monoisotopic (exact) mass is 567 g/mol. The van der Waals surface area contributed by atoms with Gasteiger partial charge in [0, 0.05) is 23.9 Å². The van der Waals surface area contributed by atoms with Crippen molar-refractivity contribution >= 4 is 28.1 Å². The minimum absolute atomic E-state index is 0.0846. The van der Waals surface area contributed by atoms with Crippen LogP contribution in [0.1, 0.15) is 37.9 Å². The second kappa shape index (κ2) is 10.9. The molecule has 0 aliphatic carbocycles. The molecular formula is C30H28F3N3O5. The Bertz CT molecular complexity index is 1650. The predicted octanol–water partition coefficient (Wildman–Crippen LogP) is 5.22. The molecule has 0 amide bonds. The number of fused-ring (bicyclic) bond motifs is 1. The summed E-state index contributed by atoms with van der Waals surface area (Å²) in [6.45, 7) is 3.98. The van der Waals surface area contributed by atoms with Crippen molar-refractivity contribution in [3.63, 3.8) is 0 Å². The van der Waals surface area contributed by atoms with Gasteiger partial charge in [-0.2, -0.15) is 13.2 Å². The fourth-order valence-electron chi connectivity index (χ4n) is 5.34. The predicted molar refractivity (Wildman–Crippen MR) is 148 cm³/mol. The number of methoxy groups -OCH3 is 1. The maximum atomic E-state index is 13.4. The van der Waals surface area contributed by atoms with Gasteiger partial charge in [0.2, 0.25) is 5.88 Å². The summed E-state index contributed by atoms with van der Waals surface area (Å²) in [5.74, 6) is -0.558. The molecule has 0 spiro atoms. The Morgan fingerprint density at radius 1 is 1.05 bits per heavy atom. The summed E-state index contributed by atoms with van der Waals surface area (Å²) in [5.41, 5.74) is -1.26. The molecule has 11 heteroatoms. The van der Waals surface area contributed by atoms with E-state index >= 15 is 0 Å². The van der Waals surface area contributed by atoms with Crippen LogP contribution in [0.25, 0.3) is 10.8 Å². The molecule has 1 aliphatic heterocycles. The van der Waals surface area contributed by atoms with Crippen LogP contribution in [0.4, 0.5) is 24.5 Å². The van der Waals surface area contributed by atoms with E-state index in [1.165, 1.54) is 7.11 Å². The molecule has 0 unspecified atom stereocenters. The number of halogens is 3. The number of carbonyl (C=O) groups is 1.